The van der Waals surface area contributed by atoms with Crippen molar-refractivity contribution in [2.45, 2.75) is 18.9 Å². The third-order valence-corrected chi connectivity index (χ3v) is 5.31. The van der Waals surface area contributed by atoms with Crippen LogP contribution >= 0.6 is 36.0 Å². The van der Waals surface area contributed by atoms with Gasteiger partial charge in [0.25, 0.3) is 0 Å². The Morgan fingerprint density at radius 1 is 1.15 bits per heavy atom. The quantitative estimate of drug-likeness (QED) is 0.511. The number of urea groups is 1. The van der Waals surface area contributed by atoms with Crippen molar-refractivity contribution in [3.05, 3.63) is 46.6 Å². The number of thiol groups is 1. The van der Waals surface area contributed by atoms with Crippen molar-refractivity contribution >= 4 is 58.9 Å². The van der Waals surface area contributed by atoms with Gasteiger partial charge in [0, 0.05) is 6.04 Å². The molecule has 1 saturated carbocycles. The molecule has 6 nitrogen and oxygen atoms in total. The van der Waals surface area contributed by atoms with E-state index in [1.54, 1.807) is 12.1 Å². The minimum atomic E-state index is -0.331. The molecule has 0 radical (unpaired) electrons. The van der Waals surface area contributed by atoms with Crippen LogP contribution < -0.4 is 5.32 Å². The number of aromatic hydroxyl groups is 1. The first-order chi connectivity index (χ1) is 12.9. The number of fused-ring (bicyclic) bond motifs is 1. The van der Waals surface area contributed by atoms with E-state index in [1.807, 2.05) is 18.2 Å². The Labute approximate surface area is 170 Å². The molecule has 0 aliphatic heterocycles. The van der Waals surface area contributed by atoms with E-state index >= 15 is 0 Å². The van der Waals surface area contributed by atoms with Crippen LogP contribution in [0.1, 0.15) is 12.8 Å². The van der Waals surface area contributed by atoms with Crippen molar-refractivity contribution in [3.63, 3.8) is 0 Å². The zero-order valence-electron chi connectivity index (χ0n) is 13.9. The van der Waals surface area contributed by atoms with E-state index in [4.69, 9.17) is 23.2 Å². The average Bonchev–Trinajstić information content (AvgIpc) is 3.49. The normalized spacial score (nSPS) is 13.6. The molecule has 1 aliphatic rings. The molecular weight excluding hydrogens is 407 g/mol. The fourth-order valence-corrected chi connectivity index (χ4v) is 3.40. The first-order valence-corrected chi connectivity index (χ1v) is 9.32. The zero-order valence-corrected chi connectivity index (χ0v) is 16.3. The molecule has 0 spiro atoms. The maximum Gasteiger partial charge on any atom is 0.333 e. The van der Waals surface area contributed by atoms with E-state index in [1.165, 1.54) is 10.5 Å². The number of halogens is 2. The molecule has 1 aliphatic carbocycles. The molecule has 2 amide bonds. The fraction of sp³-hybridized carbons (Fsp3) is 0.167. The molecule has 1 fully saturated rings. The number of amides is 2. The van der Waals surface area contributed by atoms with Crippen LogP contribution in [0.25, 0.3) is 22.2 Å². The van der Waals surface area contributed by atoms with Gasteiger partial charge in [0.05, 0.1) is 27.3 Å². The molecule has 2 N–H and O–H groups in total. The maximum atomic E-state index is 12.1. The molecule has 0 unspecified atom stereocenters. The highest BCUT2D eigenvalue weighted by Gasteiger charge is 2.30. The number of nitrogens with one attached hydrogen (secondary N) is 1. The first-order valence-electron chi connectivity index (χ1n) is 8.16. The largest absolute Gasteiger partial charge is 0.505 e. The smallest absolute Gasteiger partial charge is 0.333 e. The number of hydrogen-bond donors (Lipinski definition) is 3. The third kappa shape index (κ3) is 3.76. The van der Waals surface area contributed by atoms with Gasteiger partial charge in [0.1, 0.15) is 0 Å². The predicted octanol–water partition coefficient (Wildman–Crippen LogP) is 5.15. The summed E-state index contributed by atoms with van der Waals surface area (Å²) in [6.45, 7) is 0. The third-order valence-electron chi connectivity index (χ3n) is 4.23. The fourth-order valence-electron chi connectivity index (χ4n) is 2.64. The lowest BCUT2D eigenvalue weighted by molar-refractivity contribution is 0.238. The van der Waals surface area contributed by atoms with Gasteiger partial charge in [-0.15, -0.1) is 0 Å². The van der Waals surface area contributed by atoms with Gasteiger partial charge in [-0.25, -0.2) is 9.78 Å². The Morgan fingerprint density at radius 3 is 2.52 bits per heavy atom. The van der Waals surface area contributed by atoms with Crippen LogP contribution in [-0.2, 0) is 0 Å². The van der Waals surface area contributed by atoms with Crippen LogP contribution in [0.2, 0.25) is 10.0 Å². The number of nitrogens with zero attached hydrogens (tertiary/aromatic N) is 3. The maximum absolute atomic E-state index is 12.1. The Morgan fingerprint density at radius 2 is 1.85 bits per heavy atom. The highest BCUT2D eigenvalue weighted by molar-refractivity contribution is 7.78. The van der Waals surface area contributed by atoms with Gasteiger partial charge in [0.15, 0.2) is 11.6 Å². The molecule has 0 saturated heterocycles. The van der Waals surface area contributed by atoms with E-state index in [2.05, 4.69) is 28.1 Å². The molecule has 1 aromatic heterocycles. The lowest BCUT2D eigenvalue weighted by Gasteiger charge is -2.15. The summed E-state index contributed by atoms with van der Waals surface area (Å²) in [5, 5.41) is 12.8. The van der Waals surface area contributed by atoms with Crippen molar-refractivity contribution in [2.24, 2.45) is 0 Å². The SMILES string of the molecule is O=C(Nc1cnc2ccc(-c3cc(Cl)c(O)c(Cl)c3)cc2n1)N(S)C1CC1. The number of carbonyl (C=O) groups is 1. The second-order valence-corrected chi connectivity index (χ2v) is 7.50. The van der Waals surface area contributed by atoms with Gasteiger partial charge < -0.3 is 5.11 Å². The summed E-state index contributed by atoms with van der Waals surface area (Å²) >= 11 is 16.2. The number of hydrogen-bond acceptors (Lipinski definition) is 5. The topological polar surface area (TPSA) is 78.3 Å². The summed E-state index contributed by atoms with van der Waals surface area (Å²) in [4.78, 5) is 20.9. The standard InChI is InChI=1S/C18H14Cl2N4O2S/c19-12-5-10(6-13(20)17(12)25)9-1-4-14-15(7-9)22-16(8-21-14)23-18(26)24(27)11-2-3-11/h1,4-8,11,25,27H,2-3H2,(H,22,23,26). The van der Waals surface area contributed by atoms with E-state index in [9.17, 15) is 9.90 Å². The Kier molecular flexibility index (Phi) is 4.75. The molecule has 0 atom stereocenters. The van der Waals surface area contributed by atoms with Gasteiger partial charge in [-0.3, -0.25) is 14.6 Å². The Hall–Kier alpha value is -2.22. The molecule has 138 valence electrons. The van der Waals surface area contributed by atoms with E-state index in [-0.39, 0.29) is 27.9 Å². The number of benzene rings is 2. The Balaban J connectivity index is 1.66. The summed E-state index contributed by atoms with van der Waals surface area (Å²) in [6, 6.07) is 8.58. The van der Waals surface area contributed by atoms with Crippen LogP contribution in [-0.4, -0.2) is 31.5 Å². The molecule has 2 aromatic carbocycles. The number of anilines is 1. The van der Waals surface area contributed by atoms with E-state index in [0.29, 0.717) is 16.9 Å². The predicted molar refractivity (Wildman–Crippen MR) is 110 cm³/mol. The summed E-state index contributed by atoms with van der Waals surface area (Å²) < 4.78 is 1.38. The van der Waals surface area contributed by atoms with Crippen LogP contribution in [0, 0.1) is 0 Å². The second kappa shape index (κ2) is 7.07. The van der Waals surface area contributed by atoms with E-state index < -0.39 is 0 Å². The molecule has 4 rings (SSSR count). The molecule has 1 heterocycles. The van der Waals surface area contributed by atoms with Gasteiger partial charge >= 0.3 is 6.03 Å². The van der Waals surface area contributed by atoms with Gasteiger partial charge in [0.2, 0.25) is 0 Å². The van der Waals surface area contributed by atoms with Crippen molar-refractivity contribution in [3.8, 4) is 16.9 Å². The average molecular weight is 421 g/mol. The van der Waals surface area contributed by atoms with Crippen LogP contribution in [0.5, 0.6) is 5.75 Å². The number of carbonyl (C=O) groups excluding carboxylic acids is 1. The van der Waals surface area contributed by atoms with E-state index in [0.717, 1.165) is 24.0 Å². The van der Waals surface area contributed by atoms with Crippen molar-refractivity contribution in [1.82, 2.24) is 14.3 Å². The monoisotopic (exact) mass is 420 g/mol. The lowest BCUT2D eigenvalue weighted by Crippen LogP contribution is -2.29. The lowest BCUT2D eigenvalue weighted by atomic mass is 10.0. The zero-order chi connectivity index (χ0) is 19.1. The molecule has 27 heavy (non-hydrogen) atoms. The minimum Gasteiger partial charge on any atom is -0.505 e. The van der Waals surface area contributed by atoms with Crippen LogP contribution in [0.15, 0.2) is 36.5 Å². The van der Waals surface area contributed by atoms with Crippen LogP contribution in [0.4, 0.5) is 10.6 Å². The highest BCUT2D eigenvalue weighted by atomic mass is 35.5. The van der Waals surface area contributed by atoms with Crippen LogP contribution in [0.3, 0.4) is 0 Å². The van der Waals surface area contributed by atoms with Gasteiger partial charge in [-0.1, -0.05) is 42.1 Å². The summed E-state index contributed by atoms with van der Waals surface area (Å²) in [5.74, 6) is 0.186. The summed E-state index contributed by atoms with van der Waals surface area (Å²) in [7, 11) is 0. The molecule has 9 heteroatoms. The minimum absolute atomic E-state index is 0.153. The summed E-state index contributed by atoms with van der Waals surface area (Å²) in [5.41, 5.74) is 2.81. The summed E-state index contributed by atoms with van der Waals surface area (Å²) in [6.07, 6.45) is 3.42. The van der Waals surface area contributed by atoms with Gasteiger partial charge in [-0.2, -0.15) is 0 Å². The number of rotatable bonds is 3. The molecule has 0 bridgehead atoms. The molecule has 3 aromatic rings. The first kappa shape index (κ1) is 18.2. The number of aromatic nitrogens is 2. The van der Waals surface area contributed by atoms with Crippen molar-refractivity contribution in [1.29, 1.82) is 0 Å². The van der Waals surface area contributed by atoms with Crippen molar-refractivity contribution in [2.75, 3.05) is 5.32 Å². The molecular formula is C18H14Cl2N4O2S. The van der Waals surface area contributed by atoms with Crippen molar-refractivity contribution < 1.29 is 9.90 Å². The number of phenols is 1. The van der Waals surface area contributed by atoms with Gasteiger partial charge in [-0.05, 0) is 48.2 Å². The number of phenolic OH excluding ortho intramolecular Hbond substituents is 1. The Bertz CT molecular complexity index is 1040. The second-order valence-electron chi connectivity index (χ2n) is 6.25. The highest BCUT2D eigenvalue weighted by Crippen LogP contribution is 2.37.